The van der Waals surface area contributed by atoms with Gasteiger partial charge in [0.15, 0.2) is 0 Å². The van der Waals surface area contributed by atoms with E-state index in [9.17, 15) is 10.0 Å². The van der Waals surface area contributed by atoms with E-state index in [2.05, 4.69) is 0 Å². The number of benzene rings is 1. The van der Waals surface area contributed by atoms with Crippen LogP contribution < -0.4 is 5.46 Å². The van der Waals surface area contributed by atoms with Crippen LogP contribution in [0.5, 0.6) is 0 Å². The molecule has 0 saturated heterocycles. The first-order valence-corrected chi connectivity index (χ1v) is 6.20. The van der Waals surface area contributed by atoms with Gasteiger partial charge in [0.25, 0.3) is 0 Å². The number of methoxy groups -OCH3 is 1. The molecule has 2 N–H and O–H groups in total. The van der Waals surface area contributed by atoms with Gasteiger partial charge >= 0.3 is 7.12 Å². The molecular weight excluding hydrogens is 215 g/mol. The smallest absolute Gasteiger partial charge is 0.423 e. The summed E-state index contributed by atoms with van der Waals surface area (Å²) in [4.78, 5) is 0. The second kappa shape index (κ2) is 5.67. The largest absolute Gasteiger partial charge is 0.488 e. The lowest BCUT2D eigenvalue weighted by atomic mass is 9.71. The minimum Gasteiger partial charge on any atom is -0.423 e. The highest BCUT2D eigenvalue weighted by Gasteiger charge is 2.26. The van der Waals surface area contributed by atoms with Crippen molar-refractivity contribution in [2.75, 3.05) is 7.11 Å². The van der Waals surface area contributed by atoms with E-state index in [1.807, 2.05) is 18.2 Å². The maximum absolute atomic E-state index is 9.36. The van der Waals surface area contributed by atoms with Crippen molar-refractivity contribution in [3.05, 3.63) is 29.8 Å². The van der Waals surface area contributed by atoms with Gasteiger partial charge in [0.1, 0.15) is 0 Å². The van der Waals surface area contributed by atoms with Crippen LogP contribution in [0.15, 0.2) is 24.3 Å². The van der Waals surface area contributed by atoms with Gasteiger partial charge in [-0.05, 0) is 42.6 Å². The van der Waals surface area contributed by atoms with E-state index >= 15 is 0 Å². The van der Waals surface area contributed by atoms with Crippen molar-refractivity contribution in [2.24, 2.45) is 0 Å². The van der Waals surface area contributed by atoms with Gasteiger partial charge in [-0.25, -0.2) is 0 Å². The molecular formula is C13H19BO3. The minimum absolute atomic E-state index is 0.373. The second-order valence-electron chi connectivity index (χ2n) is 4.71. The predicted octanol–water partition coefficient (Wildman–Crippen LogP) is 1.04. The van der Waals surface area contributed by atoms with Crippen molar-refractivity contribution < 1.29 is 14.8 Å². The maximum Gasteiger partial charge on any atom is 0.488 e. The fourth-order valence-electron chi connectivity index (χ4n) is 2.73. The summed E-state index contributed by atoms with van der Waals surface area (Å²) < 4.78 is 5.35. The van der Waals surface area contributed by atoms with Gasteiger partial charge in [-0.2, -0.15) is 0 Å². The maximum atomic E-state index is 9.36. The average Bonchev–Trinajstić information content (AvgIpc) is 2.39. The van der Waals surface area contributed by atoms with Crippen LogP contribution in [-0.2, 0) is 4.74 Å². The molecule has 0 atom stereocenters. The summed E-state index contributed by atoms with van der Waals surface area (Å²) in [6, 6.07) is 7.61. The number of ether oxygens (including phenoxy) is 1. The van der Waals surface area contributed by atoms with Crippen molar-refractivity contribution in [1.29, 1.82) is 0 Å². The van der Waals surface area contributed by atoms with E-state index in [-0.39, 0.29) is 0 Å². The van der Waals surface area contributed by atoms with Crippen LogP contribution >= 0.6 is 0 Å². The molecule has 1 fully saturated rings. The third-order valence-corrected chi connectivity index (χ3v) is 3.72. The van der Waals surface area contributed by atoms with Crippen molar-refractivity contribution in [3.8, 4) is 0 Å². The zero-order valence-corrected chi connectivity index (χ0v) is 10.2. The molecule has 0 bridgehead atoms. The number of rotatable bonds is 3. The summed E-state index contributed by atoms with van der Waals surface area (Å²) in [5.41, 5.74) is 1.73. The average molecular weight is 234 g/mol. The molecule has 2 rings (SSSR count). The Bertz CT molecular complexity index is 359. The Morgan fingerprint density at radius 2 is 1.76 bits per heavy atom. The molecule has 0 unspecified atom stereocenters. The summed E-state index contributed by atoms with van der Waals surface area (Å²) in [6.07, 6.45) is 4.59. The van der Waals surface area contributed by atoms with Gasteiger partial charge in [0.2, 0.25) is 0 Å². The molecule has 0 aliphatic heterocycles. The predicted molar refractivity (Wildman–Crippen MR) is 68.3 cm³/mol. The highest BCUT2D eigenvalue weighted by Crippen LogP contribution is 2.33. The van der Waals surface area contributed by atoms with Gasteiger partial charge in [-0.15, -0.1) is 0 Å². The molecule has 0 amide bonds. The zero-order chi connectivity index (χ0) is 12.3. The summed E-state index contributed by atoms with van der Waals surface area (Å²) in [5, 5.41) is 18.7. The molecule has 0 heterocycles. The molecule has 0 radical (unpaired) electrons. The van der Waals surface area contributed by atoms with Crippen LogP contribution in [0.3, 0.4) is 0 Å². The Labute approximate surface area is 103 Å². The number of hydrogen-bond acceptors (Lipinski definition) is 3. The van der Waals surface area contributed by atoms with E-state index in [0.29, 0.717) is 17.5 Å². The second-order valence-corrected chi connectivity index (χ2v) is 4.71. The highest BCUT2D eigenvalue weighted by atomic mass is 16.5. The van der Waals surface area contributed by atoms with Crippen LogP contribution in [0.2, 0.25) is 0 Å². The lowest BCUT2D eigenvalue weighted by molar-refractivity contribution is 0.0659. The monoisotopic (exact) mass is 234 g/mol. The molecule has 92 valence electrons. The molecule has 1 aliphatic rings. The van der Waals surface area contributed by atoms with Crippen LogP contribution in [0.4, 0.5) is 0 Å². The fourth-order valence-corrected chi connectivity index (χ4v) is 2.73. The molecule has 1 saturated carbocycles. The van der Waals surface area contributed by atoms with Crippen LogP contribution in [0, 0.1) is 0 Å². The van der Waals surface area contributed by atoms with E-state index < -0.39 is 7.12 Å². The quantitative estimate of drug-likeness (QED) is 0.768. The molecule has 1 aromatic rings. The van der Waals surface area contributed by atoms with Crippen molar-refractivity contribution in [1.82, 2.24) is 0 Å². The Morgan fingerprint density at radius 1 is 1.12 bits per heavy atom. The first-order chi connectivity index (χ1) is 8.22. The molecule has 1 aliphatic carbocycles. The lowest BCUT2D eigenvalue weighted by Crippen LogP contribution is -2.35. The Morgan fingerprint density at radius 3 is 2.35 bits per heavy atom. The van der Waals surface area contributed by atoms with E-state index in [1.165, 1.54) is 0 Å². The van der Waals surface area contributed by atoms with Crippen LogP contribution in [0.1, 0.15) is 37.2 Å². The first-order valence-electron chi connectivity index (χ1n) is 6.20. The van der Waals surface area contributed by atoms with Gasteiger partial charge in [-0.3, -0.25) is 0 Å². The van der Waals surface area contributed by atoms with Gasteiger partial charge < -0.3 is 14.8 Å². The number of hydrogen-bond donors (Lipinski definition) is 2. The topological polar surface area (TPSA) is 49.7 Å². The molecule has 1 aromatic carbocycles. The van der Waals surface area contributed by atoms with E-state index in [0.717, 1.165) is 31.2 Å². The molecule has 0 spiro atoms. The minimum atomic E-state index is -1.37. The lowest BCUT2D eigenvalue weighted by Gasteiger charge is -2.29. The van der Waals surface area contributed by atoms with Crippen LogP contribution in [0.25, 0.3) is 0 Å². The highest BCUT2D eigenvalue weighted by molar-refractivity contribution is 6.59. The summed E-state index contributed by atoms with van der Waals surface area (Å²) in [5.74, 6) is 0.430. The van der Waals surface area contributed by atoms with Crippen LogP contribution in [-0.4, -0.2) is 30.4 Å². The van der Waals surface area contributed by atoms with Crippen molar-refractivity contribution in [2.45, 2.75) is 37.7 Å². The third kappa shape index (κ3) is 2.89. The Kier molecular flexibility index (Phi) is 4.21. The van der Waals surface area contributed by atoms with E-state index in [1.54, 1.807) is 13.2 Å². The molecule has 3 nitrogen and oxygen atoms in total. The standard InChI is InChI=1S/C13H19BO3/c1-17-11-8-6-10(7-9-11)12-4-2-3-5-13(12)14(15)16/h2-5,10-11,15-16H,6-9H2,1H3/t10-,11-. The first kappa shape index (κ1) is 12.6. The molecule has 4 heteroatoms. The van der Waals surface area contributed by atoms with Gasteiger partial charge in [-0.1, -0.05) is 24.3 Å². The summed E-state index contributed by atoms with van der Waals surface area (Å²) in [6.45, 7) is 0. The Balaban J connectivity index is 2.13. The third-order valence-electron chi connectivity index (χ3n) is 3.72. The summed E-state index contributed by atoms with van der Waals surface area (Å²) in [7, 11) is 0.391. The van der Waals surface area contributed by atoms with Gasteiger partial charge in [0, 0.05) is 7.11 Å². The van der Waals surface area contributed by atoms with Gasteiger partial charge in [0.05, 0.1) is 6.10 Å². The molecule has 0 aromatic heterocycles. The SMILES string of the molecule is CO[C@H]1CC[C@H](c2ccccc2B(O)O)CC1. The van der Waals surface area contributed by atoms with Crippen molar-refractivity contribution in [3.63, 3.8) is 0 Å². The van der Waals surface area contributed by atoms with E-state index in [4.69, 9.17) is 4.74 Å². The summed E-state index contributed by atoms with van der Waals surface area (Å²) >= 11 is 0. The van der Waals surface area contributed by atoms with Crippen molar-refractivity contribution >= 4 is 12.6 Å². The fraction of sp³-hybridized carbons (Fsp3) is 0.538. The Hall–Kier alpha value is -0.835. The normalized spacial score (nSPS) is 24.6. The molecule has 17 heavy (non-hydrogen) atoms. The zero-order valence-electron chi connectivity index (χ0n) is 10.2.